The molecule has 1 saturated heterocycles. The van der Waals surface area contributed by atoms with Gasteiger partial charge in [0.05, 0.1) is 24.2 Å². The molecule has 3 N–H and O–H groups in total. The van der Waals surface area contributed by atoms with Gasteiger partial charge in [-0.15, -0.1) is 0 Å². The number of phenols is 1. The molecule has 39 heavy (non-hydrogen) atoms. The summed E-state index contributed by atoms with van der Waals surface area (Å²) < 4.78 is 14.2. The van der Waals surface area contributed by atoms with E-state index >= 15 is 0 Å². The number of halogens is 1. The van der Waals surface area contributed by atoms with E-state index in [1.165, 1.54) is 27.6 Å². The van der Waals surface area contributed by atoms with E-state index in [0.717, 1.165) is 50.0 Å². The number of aromatic hydroxyl groups is 1. The first kappa shape index (κ1) is 25.0. The van der Waals surface area contributed by atoms with Crippen molar-refractivity contribution in [3.63, 3.8) is 0 Å². The van der Waals surface area contributed by atoms with Crippen LogP contribution >= 0.6 is 0 Å². The van der Waals surface area contributed by atoms with E-state index in [9.17, 15) is 5.11 Å². The number of fused-ring (bicyclic) bond motifs is 4. The SMILES string of the molecule is CCO[C@@]12Cc3c([nH]c4ccccc34)[C@]3(C)Oc4c(O)ccc5c4[C@@]31CC[NH+](CCc1ccccc1)[C@H]2C5.[Cl-]. The van der Waals surface area contributed by atoms with Crippen molar-refractivity contribution >= 4 is 10.9 Å². The van der Waals surface area contributed by atoms with Crippen LogP contribution in [0.25, 0.3) is 10.9 Å². The van der Waals surface area contributed by atoms with Gasteiger partial charge in [0, 0.05) is 48.8 Å². The summed E-state index contributed by atoms with van der Waals surface area (Å²) in [6.07, 6.45) is 3.81. The summed E-state index contributed by atoms with van der Waals surface area (Å²) in [5, 5.41) is 12.4. The van der Waals surface area contributed by atoms with E-state index in [-0.39, 0.29) is 23.6 Å². The first-order valence-electron chi connectivity index (χ1n) is 14.2. The number of benzene rings is 3. The molecule has 2 aliphatic heterocycles. The third-order valence-electron chi connectivity index (χ3n) is 10.5. The molecule has 4 aliphatic rings. The lowest BCUT2D eigenvalue weighted by atomic mass is 9.45. The molecule has 5 nitrogen and oxygen atoms in total. The van der Waals surface area contributed by atoms with E-state index in [2.05, 4.69) is 79.5 Å². The molecule has 8 rings (SSSR count). The first-order valence-corrected chi connectivity index (χ1v) is 14.2. The number of likely N-dealkylation sites (tertiary alicyclic amines) is 1. The molecule has 6 heteroatoms. The second-order valence-electron chi connectivity index (χ2n) is 11.9. The van der Waals surface area contributed by atoms with Crippen molar-refractivity contribution in [2.24, 2.45) is 0 Å². The van der Waals surface area contributed by atoms with Gasteiger partial charge in [0.1, 0.15) is 11.6 Å². The molecule has 2 bridgehead atoms. The van der Waals surface area contributed by atoms with Gasteiger partial charge in [-0.25, -0.2) is 0 Å². The van der Waals surface area contributed by atoms with Gasteiger partial charge in [-0.3, -0.25) is 0 Å². The van der Waals surface area contributed by atoms with Gasteiger partial charge in [-0.2, -0.15) is 0 Å². The average Bonchev–Trinajstić information content (AvgIpc) is 3.43. The van der Waals surface area contributed by atoms with Crippen LogP contribution < -0.4 is 22.0 Å². The Kier molecular flexibility index (Phi) is 5.45. The minimum Gasteiger partial charge on any atom is -1.00 e. The zero-order valence-electron chi connectivity index (χ0n) is 22.5. The van der Waals surface area contributed by atoms with Crippen molar-refractivity contribution in [2.45, 2.75) is 62.2 Å². The van der Waals surface area contributed by atoms with Crippen molar-refractivity contribution in [3.05, 3.63) is 94.7 Å². The van der Waals surface area contributed by atoms with Crippen molar-refractivity contribution in [1.29, 1.82) is 0 Å². The van der Waals surface area contributed by atoms with Gasteiger partial charge in [-0.1, -0.05) is 54.6 Å². The molecule has 5 atom stereocenters. The van der Waals surface area contributed by atoms with Crippen LogP contribution in [-0.2, 0) is 35.0 Å². The monoisotopic (exact) mass is 542 g/mol. The fourth-order valence-corrected chi connectivity index (χ4v) is 9.13. The van der Waals surface area contributed by atoms with E-state index in [1.54, 1.807) is 4.90 Å². The first-order chi connectivity index (χ1) is 18.5. The van der Waals surface area contributed by atoms with Gasteiger partial charge in [-0.05, 0) is 42.7 Å². The Morgan fingerprint density at radius 2 is 1.87 bits per heavy atom. The van der Waals surface area contributed by atoms with Crippen LogP contribution in [0.15, 0.2) is 66.7 Å². The quantitative estimate of drug-likeness (QED) is 0.355. The Labute approximate surface area is 235 Å². The number of para-hydroxylation sites is 1. The molecule has 0 saturated carbocycles. The second kappa shape index (κ2) is 8.50. The Morgan fingerprint density at radius 3 is 2.69 bits per heavy atom. The summed E-state index contributed by atoms with van der Waals surface area (Å²) in [6.45, 7) is 7.20. The normalized spacial score (nSPS) is 31.2. The molecule has 1 fully saturated rings. The van der Waals surface area contributed by atoms with Gasteiger partial charge >= 0.3 is 0 Å². The summed E-state index contributed by atoms with van der Waals surface area (Å²) in [4.78, 5) is 5.42. The highest BCUT2D eigenvalue weighted by Gasteiger charge is 2.79. The van der Waals surface area contributed by atoms with E-state index in [4.69, 9.17) is 9.47 Å². The summed E-state index contributed by atoms with van der Waals surface area (Å²) in [5.74, 6) is 0.917. The maximum absolute atomic E-state index is 11.1. The largest absolute Gasteiger partial charge is 1.00 e. The average molecular weight is 543 g/mol. The molecule has 202 valence electrons. The van der Waals surface area contributed by atoms with Gasteiger partial charge < -0.3 is 36.9 Å². The molecule has 3 aromatic carbocycles. The van der Waals surface area contributed by atoms with Crippen molar-refractivity contribution in [2.75, 3.05) is 19.7 Å². The Hall–Kier alpha value is -2.99. The van der Waals surface area contributed by atoms with E-state index in [0.29, 0.717) is 18.4 Å². The summed E-state index contributed by atoms with van der Waals surface area (Å²) in [7, 11) is 0. The van der Waals surface area contributed by atoms with Gasteiger partial charge in [0.25, 0.3) is 0 Å². The zero-order valence-corrected chi connectivity index (χ0v) is 23.3. The number of nitrogens with one attached hydrogen (secondary N) is 2. The number of quaternary nitrogens is 1. The Bertz CT molecular complexity index is 1580. The fourth-order valence-electron chi connectivity index (χ4n) is 9.13. The maximum Gasteiger partial charge on any atom is 0.166 e. The van der Waals surface area contributed by atoms with E-state index < -0.39 is 11.2 Å². The van der Waals surface area contributed by atoms with Crippen LogP contribution in [0.4, 0.5) is 0 Å². The number of piperidine rings is 1. The third-order valence-corrected chi connectivity index (χ3v) is 10.5. The molecule has 2 aliphatic carbocycles. The highest BCUT2D eigenvalue weighted by Crippen LogP contribution is 2.70. The highest BCUT2D eigenvalue weighted by molar-refractivity contribution is 5.86. The van der Waals surface area contributed by atoms with Crippen LogP contribution in [0.3, 0.4) is 0 Å². The summed E-state index contributed by atoms with van der Waals surface area (Å²) in [6, 6.07) is 23.8. The molecule has 1 spiro atoms. The van der Waals surface area contributed by atoms with Gasteiger partial charge in [0.15, 0.2) is 17.1 Å². The standard InChI is InChI=1S/C33H34N2O3.ClH/c1-3-37-33-20-24-23-11-7-8-12-25(23)34-30(24)31(2)32(33)16-18-35(17-15-21-9-5-4-6-10-21)27(33)19-22-13-14-26(36)29(38-31)28(22)32;/h4-14,27,34,36H,3,15-20H2,1-2H3;1H/t27-,31-,32-,33+;/m0./s1. The summed E-state index contributed by atoms with van der Waals surface area (Å²) >= 11 is 0. The number of phenolic OH excluding ortho intramolecular Hbond substituents is 1. The molecular formula is C33H35ClN2O3. The van der Waals surface area contributed by atoms with Crippen LogP contribution in [-0.4, -0.2) is 41.4 Å². The molecular weight excluding hydrogens is 508 g/mol. The number of aromatic amines is 1. The van der Waals surface area contributed by atoms with Crippen LogP contribution in [0.1, 0.15) is 48.2 Å². The topological polar surface area (TPSA) is 58.9 Å². The van der Waals surface area contributed by atoms with Crippen molar-refractivity contribution < 1.29 is 31.9 Å². The number of hydrogen-bond donors (Lipinski definition) is 3. The highest BCUT2D eigenvalue weighted by atomic mass is 35.5. The number of aromatic nitrogens is 1. The van der Waals surface area contributed by atoms with E-state index in [1.807, 2.05) is 6.07 Å². The Balaban J connectivity index is 0.00000253. The van der Waals surface area contributed by atoms with Crippen molar-refractivity contribution in [1.82, 2.24) is 4.98 Å². The second-order valence-corrected chi connectivity index (χ2v) is 11.9. The van der Waals surface area contributed by atoms with Crippen LogP contribution in [0.5, 0.6) is 11.5 Å². The number of ether oxygens (including phenoxy) is 2. The van der Waals surface area contributed by atoms with Crippen LogP contribution in [0, 0.1) is 0 Å². The maximum atomic E-state index is 11.1. The number of hydrogen-bond acceptors (Lipinski definition) is 3. The molecule has 3 heterocycles. The predicted octanol–water partition coefficient (Wildman–Crippen LogP) is 1.21. The molecule has 4 aromatic rings. The fraction of sp³-hybridized carbons (Fsp3) is 0.394. The molecule has 1 unspecified atom stereocenters. The third kappa shape index (κ3) is 2.93. The summed E-state index contributed by atoms with van der Waals surface area (Å²) in [5.41, 5.74) is 6.08. The minimum absolute atomic E-state index is 0. The number of H-pyrrole nitrogens is 1. The predicted molar refractivity (Wildman–Crippen MR) is 147 cm³/mol. The Morgan fingerprint density at radius 1 is 1.08 bits per heavy atom. The lowest BCUT2D eigenvalue weighted by molar-refractivity contribution is -0.942. The molecule has 1 aromatic heterocycles. The molecule has 0 amide bonds. The smallest absolute Gasteiger partial charge is 0.166 e. The lowest BCUT2D eigenvalue weighted by Crippen LogP contribution is -3.22. The van der Waals surface area contributed by atoms with Gasteiger partial charge in [0.2, 0.25) is 0 Å². The number of rotatable bonds is 5. The van der Waals surface area contributed by atoms with Crippen LogP contribution in [0.2, 0.25) is 0 Å². The minimum atomic E-state index is -0.658. The lowest BCUT2D eigenvalue weighted by Gasteiger charge is -2.65. The molecule has 0 radical (unpaired) electrons. The zero-order chi connectivity index (χ0) is 25.7. The van der Waals surface area contributed by atoms with Crippen molar-refractivity contribution in [3.8, 4) is 11.5 Å².